The molecule has 0 unspecified atom stereocenters. The Kier molecular flexibility index (Phi) is 14.0. The van der Waals surface area contributed by atoms with Gasteiger partial charge in [-0.05, 0) is 108 Å². The van der Waals surface area contributed by atoms with Crippen molar-refractivity contribution in [1.29, 1.82) is 0 Å². The van der Waals surface area contributed by atoms with E-state index in [2.05, 4.69) is 25.8 Å². The fourth-order valence-corrected chi connectivity index (χ4v) is 7.37. The summed E-state index contributed by atoms with van der Waals surface area (Å²) in [5.74, 6) is 0.303. The summed E-state index contributed by atoms with van der Waals surface area (Å²) in [7, 11) is 9.24. The maximum Gasteiger partial charge on any atom is 0.250 e. The van der Waals surface area contributed by atoms with E-state index < -0.39 is 28.8 Å². The molecular weight excluding hydrogens is 744 g/mol. The number of piperidine rings is 1. The number of likely N-dealkylation sites (N-methyl/N-ethyl adjacent to an activating group) is 1. The minimum atomic E-state index is -1.39. The molecule has 14 heteroatoms. The van der Waals surface area contributed by atoms with Crippen molar-refractivity contribution in [2.24, 2.45) is 7.05 Å². The Morgan fingerprint density at radius 3 is 2.44 bits per heavy atom. The molecule has 3 atom stereocenters. The Bertz CT molecular complexity index is 1930. The van der Waals surface area contributed by atoms with Crippen molar-refractivity contribution in [3.63, 3.8) is 0 Å². The minimum Gasteiger partial charge on any atom is -0.457 e. The second-order valence-corrected chi connectivity index (χ2v) is 15.7. The Hall–Kier alpha value is -4.04. The van der Waals surface area contributed by atoms with Gasteiger partial charge < -0.3 is 39.8 Å². The predicted molar refractivity (Wildman–Crippen MR) is 215 cm³/mol. The molecule has 2 heterocycles. The van der Waals surface area contributed by atoms with E-state index in [0.29, 0.717) is 30.3 Å². The second-order valence-electron chi connectivity index (χ2n) is 14.9. The topological polar surface area (TPSA) is 113 Å². The molecule has 0 aliphatic carbocycles. The molecule has 1 aliphatic rings. The molecule has 1 aliphatic heterocycles. The monoisotopic (exact) mass is 795 g/mol. The number of carbonyl (C=O) groups excluding carboxylic acids is 2. The number of hydrogen-bond acceptors (Lipinski definition) is 8. The summed E-state index contributed by atoms with van der Waals surface area (Å²) in [5, 5.41) is 10.3. The van der Waals surface area contributed by atoms with Crippen molar-refractivity contribution in [3.05, 3.63) is 99.7 Å². The van der Waals surface area contributed by atoms with Crippen LogP contribution in [0, 0.1) is 5.82 Å². The number of benzene rings is 3. The second kappa shape index (κ2) is 18.3. The van der Waals surface area contributed by atoms with E-state index in [1.165, 1.54) is 13.2 Å². The number of amides is 2. The van der Waals surface area contributed by atoms with Gasteiger partial charge in [-0.1, -0.05) is 35.3 Å². The van der Waals surface area contributed by atoms with Crippen LogP contribution in [-0.2, 0) is 40.9 Å². The smallest absolute Gasteiger partial charge is 0.250 e. The molecule has 4 aromatic rings. The standard InChI is InChI=1S/C41H52Cl2FN7O4/c1-27(38(52)48-40(2,26-54-7)39(53)51(6)41(17-8-18-45-25-41)21-28-9-13-30(42)14-10-28)46-22-33-34(44)19-31(43)20-36(33)55-32-15-11-29(12-16-32)35-23-47-37(50(35)5)24-49(3)4/h9-16,19-20,23,27,45-46H,8,17-18,21-22,24-26H2,1-7H3,(H,48,52)/t27-,40+,41+/m0/s1. The van der Waals surface area contributed by atoms with Gasteiger partial charge in [-0.15, -0.1) is 0 Å². The van der Waals surface area contributed by atoms with Crippen molar-refractivity contribution >= 4 is 35.0 Å². The van der Waals surface area contributed by atoms with Crippen LogP contribution in [0.3, 0.4) is 0 Å². The summed E-state index contributed by atoms with van der Waals surface area (Å²) in [6.45, 7) is 5.37. The first-order chi connectivity index (χ1) is 26.1. The highest BCUT2D eigenvalue weighted by molar-refractivity contribution is 6.31. The van der Waals surface area contributed by atoms with Gasteiger partial charge in [-0.3, -0.25) is 9.59 Å². The zero-order valence-electron chi connectivity index (χ0n) is 32.6. The molecule has 11 nitrogen and oxygen atoms in total. The SMILES string of the molecule is COC[C@@](C)(NC(=O)[C@H](C)NCc1c(F)cc(Cl)cc1Oc1ccc(-c2cnc(CN(C)C)n2C)cc1)C(=O)N(C)[C@@]1(Cc2ccc(Cl)cc2)CCCNC1. The quantitative estimate of drug-likeness (QED) is 0.123. The normalized spacial score (nSPS) is 17.4. The minimum absolute atomic E-state index is 0.0560. The van der Waals surface area contributed by atoms with Crippen molar-refractivity contribution in [3.8, 4) is 22.8 Å². The summed E-state index contributed by atoms with van der Waals surface area (Å²) >= 11 is 12.4. The summed E-state index contributed by atoms with van der Waals surface area (Å²) in [6, 6.07) is 17.0. The van der Waals surface area contributed by atoms with Crippen LogP contribution in [0.25, 0.3) is 11.3 Å². The summed E-state index contributed by atoms with van der Waals surface area (Å²) in [4.78, 5) is 36.5. The number of ether oxygens (including phenoxy) is 2. The number of aromatic nitrogens is 2. The number of methoxy groups -OCH3 is 1. The number of carbonyl (C=O) groups is 2. The molecule has 296 valence electrons. The highest BCUT2D eigenvalue weighted by Gasteiger charge is 2.46. The van der Waals surface area contributed by atoms with Crippen LogP contribution in [0.4, 0.5) is 4.39 Å². The molecule has 0 bridgehead atoms. The fraction of sp³-hybridized carbons (Fsp3) is 0.439. The van der Waals surface area contributed by atoms with Gasteiger partial charge in [0.2, 0.25) is 5.91 Å². The third-order valence-corrected chi connectivity index (χ3v) is 10.7. The number of hydrogen-bond donors (Lipinski definition) is 3. The van der Waals surface area contributed by atoms with Gasteiger partial charge in [0, 0.05) is 55.5 Å². The Morgan fingerprint density at radius 2 is 1.80 bits per heavy atom. The molecule has 5 rings (SSSR count). The van der Waals surface area contributed by atoms with Crippen molar-refractivity contribution in [2.45, 2.75) is 63.3 Å². The zero-order valence-corrected chi connectivity index (χ0v) is 34.2. The average molecular weight is 797 g/mol. The van der Waals surface area contributed by atoms with E-state index in [-0.39, 0.29) is 35.4 Å². The van der Waals surface area contributed by atoms with Gasteiger partial charge in [-0.2, -0.15) is 0 Å². The van der Waals surface area contributed by atoms with Gasteiger partial charge in [0.25, 0.3) is 5.91 Å². The Morgan fingerprint density at radius 1 is 1.09 bits per heavy atom. The van der Waals surface area contributed by atoms with Gasteiger partial charge in [0.05, 0.1) is 36.6 Å². The number of nitrogens with zero attached hydrogens (tertiary/aromatic N) is 4. The number of imidazole rings is 1. The highest BCUT2D eigenvalue weighted by atomic mass is 35.5. The number of halogens is 3. The maximum absolute atomic E-state index is 15.4. The Labute approximate surface area is 333 Å². The lowest BCUT2D eigenvalue weighted by Gasteiger charge is -2.48. The summed E-state index contributed by atoms with van der Waals surface area (Å²) in [5.41, 5.74) is 1.21. The van der Waals surface area contributed by atoms with Crippen LogP contribution >= 0.6 is 23.2 Å². The molecule has 1 saturated heterocycles. The van der Waals surface area contributed by atoms with E-state index in [1.807, 2.05) is 68.3 Å². The lowest BCUT2D eigenvalue weighted by Crippen LogP contribution is -2.68. The molecule has 55 heavy (non-hydrogen) atoms. The lowest BCUT2D eigenvalue weighted by atomic mass is 9.81. The van der Waals surface area contributed by atoms with E-state index in [1.54, 1.807) is 44.0 Å². The lowest BCUT2D eigenvalue weighted by molar-refractivity contribution is -0.148. The molecule has 1 aromatic heterocycles. The average Bonchev–Trinajstić information content (AvgIpc) is 3.50. The maximum atomic E-state index is 15.4. The van der Waals surface area contributed by atoms with Crippen LogP contribution < -0.4 is 20.7 Å². The fourth-order valence-electron chi connectivity index (χ4n) is 7.05. The molecule has 3 N–H and O–H groups in total. The number of rotatable bonds is 16. The van der Waals surface area contributed by atoms with E-state index in [0.717, 1.165) is 42.0 Å². The van der Waals surface area contributed by atoms with Crippen LogP contribution in [0.15, 0.2) is 66.9 Å². The van der Waals surface area contributed by atoms with E-state index in [4.69, 9.17) is 32.7 Å². The van der Waals surface area contributed by atoms with E-state index in [9.17, 15) is 9.59 Å². The van der Waals surface area contributed by atoms with Crippen molar-refractivity contribution < 1.29 is 23.5 Å². The highest BCUT2D eigenvalue weighted by Crippen LogP contribution is 2.33. The molecule has 2 amide bonds. The molecule has 1 fully saturated rings. The first-order valence-corrected chi connectivity index (χ1v) is 19.1. The van der Waals surface area contributed by atoms with Crippen molar-refractivity contribution in [1.82, 2.24) is 35.3 Å². The first-order valence-electron chi connectivity index (χ1n) is 18.3. The predicted octanol–water partition coefficient (Wildman–Crippen LogP) is 6.21. The van der Waals surface area contributed by atoms with Crippen LogP contribution in [0.2, 0.25) is 10.0 Å². The zero-order chi connectivity index (χ0) is 39.9. The van der Waals surface area contributed by atoms with Gasteiger partial charge in [0.1, 0.15) is 28.7 Å². The van der Waals surface area contributed by atoms with Crippen LogP contribution in [0.1, 0.15) is 43.6 Å². The third-order valence-electron chi connectivity index (χ3n) is 10.2. The van der Waals surface area contributed by atoms with Gasteiger partial charge in [0.15, 0.2) is 0 Å². The van der Waals surface area contributed by atoms with E-state index >= 15 is 4.39 Å². The summed E-state index contributed by atoms with van der Waals surface area (Å²) < 4.78 is 29.1. The molecule has 0 radical (unpaired) electrons. The van der Waals surface area contributed by atoms with Gasteiger partial charge in [-0.25, -0.2) is 9.37 Å². The van der Waals surface area contributed by atoms with Crippen LogP contribution in [0.5, 0.6) is 11.5 Å². The molecule has 3 aromatic carbocycles. The molecular formula is C41H52Cl2FN7O4. The van der Waals surface area contributed by atoms with Crippen LogP contribution in [-0.4, -0.2) is 96.2 Å². The van der Waals surface area contributed by atoms with Crippen molar-refractivity contribution in [2.75, 3.05) is 47.9 Å². The number of nitrogens with one attached hydrogen (secondary N) is 3. The molecule has 0 saturated carbocycles. The molecule has 0 spiro atoms. The van der Waals surface area contributed by atoms with Gasteiger partial charge >= 0.3 is 0 Å². The first kappa shape index (κ1) is 42.1. The Balaban J connectivity index is 1.27. The largest absolute Gasteiger partial charge is 0.457 e. The summed E-state index contributed by atoms with van der Waals surface area (Å²) in [6.07, 6.45) is 4.12. The third kappa shape index (κ3) is 10.2.